The van der Waals surface area contributed by atoms with Gasteiger partial charge in [0.05, 0.1) is 12.0 Å². The Morgan fingerprint density at radius 3 is 2.83 bits per heavy atom. The maximum atomic E-state index is 12.3. The van der Waals surface area contributed by atoms with Crippen molar-refractivity contribution in [3.8, 4) is 0 Å². The van der Waals surface area contributed by atoms with Crippen LogP contribution in [0.3, 0.4) is 0 Å². The fourth-order valence-corrected chi connectivity index (χ4v) is 1.88. The minimum atomic E-state index is -0.219. The summed E-state index contributed by atoms with van der Waals surface area (Å²) in [5, 5.41) is 13.5. The molecule has 1 N–H and O–H groups in total. The topological polar surface area (TPSA) is 66.6 Å². The lowest BCUT2D eigenvalue weighted by Gasteiger charge is -2.24. The predicted octanol–water partition coefficient (Wildman–Crippen LogP) is 1.67. The summed E-state index contributed by atoms with van der Waals surface area (Å²) in [5.41, 5.74) is 0.890. The van der Waals surface area contributed by atoms with E-state index in [4.69, 9.17) is 9.63 Å². The molecule has 5 heteroatoms. The van der Waals surface area contributed by atoms with Crippen LogP contribution in [-0.2, 0) is 0 Å². The van der Waals surface area contributed by atoms with E-state index in [9.17, 15) is 4.79 Å². The minimum Gasteiger partial charge on any atom is -0.395 e. The van der Waals surface area contributed by atoms with Gasteiger partial charge in [0.25, 0.3) is 5.91 Å². The van der Waals surface area contributed by atoms with Crippen LogP contribution in [0.4, 0.5) is 0 Å². The number of fused-ring (bicyclic) bond motifs is 1. The van der Waals surface area contributed by atoms with E-state index >= 15 is 0 Å². The van der Waals surface area contributed by atoms with Gasteiger partial charge in [-0.2, -0.15) is 0 Å². The lowest BCUT2D eigenvalue weighted by atomic mass is 10.2. The largest absolute Gasteiger partial charge is 0.395 e. The number of benzene rings is 1. The first-order valence-electron chi connectivity index (χ1n) is 5.91. The summed E-state index contributed by atoms with van der Waals surface area (Å²) in [4.78, 5) is 13.9. The second-order valence-corrected chi connectivity index (χ2v) is 4.34. The van der Waals surface area contributed by atoms with Gasteiger partial charge in [0.2, 0.25) is 0 Å². The first kappa shape index (κ1) is 12.6. The van der Waals surface area contributed by atoms with Crippen LogP contribution in [0.25, 0.3) is 11.0 Å². The number of hydrogen-bond donors (Lipinski definition) is 1. The van der Waals surface area contributed by atoms with Gasteiger partial charge in [-0.3, -0.25) is 4.79 Å². The lowest BCUT2D eigenvalue weighted by Crippen LogP contribution is -2.39. The van der Waals surface area contributed by atoms with Gasteiger partial charge in [-0.15, -0.1) is 0 Å². The molecule has 0 saturated heterocycles. The third-order valence-corrected chi connectivity index (χ3v) is 2.81. The zero-order valence-corrected chi connectivity index (χ0v) is 10.5. The van der Waals surface area contributed by atoms with Gasteiger partial charge in [-0.1, -0.05) is 17.3 Å². The molecule has 0 radical (unpaired) electrons. The molecule has 1 amide bonds. The average molecular weight is 248 g/mol. The van der Waals surface area contributed by atoms with Crippen molar-refractivity contribution in [3.05, 3.63) is 30.0 Å². The smallest absolute Gasteiger partial charge is 0.277 e. The number of aromatic nitrogens is 1. The average Bonchev–Trinajstić information content (AvgIpc) is 2.78. The number of carbonyl (C=O) groups is 1. The molecule has 1 aromatic heterocycles. The van der Waals surface area contributed by atoms with Crippen molar-refractivity contribution >= 4 is 16.9 Å². The van der Waals surface area contributed by atoms with Crippen molar-refractivity contribution in [2.45, 2.75) is 19.9 Å². The number of carbonyl (C=O) groups excluding carboxylic acids is 1. The van der Waals surface area contributed by atoms with E-state index in [-0.39, 0.29) is 25.1 Å². The molecule has 0 fully saturated rings. The molecule has 0 aliphatic rings. The number of nitrogens with zero attached hydrogens (tertiary/aromatic N) is 2. The first-order valence-corrected chi connectivity index (χ1v) is 5.91. The van der Waals surface area contributed by atoms with E-state index < -0.39 is 0 Å². The summed E-state index contributed by atoms with van der Waals surface area (Å²) in [6, 6.07) is 7.24. The molecule has 2 aromatic rings. The van der Waals surface area contributed by atoms with E-state index in [0.29, 0.717) is 16.7 Å². The Labute approximate surface area is 105 Å². The summed E-state index contributed by atoms with van der Waals surface area (Å²) >= 11 is 0. The SMILES string of the molecule is CC(C)N(CCO)C(=O)c1noc2ccccc12. The van der Waals surface area contributed by atoms with Gasteiger partial charge < -0.3 is 14.5 Å². The summed E-state index contributed by atoms with van der Waals surface area (Å²) in [7, 11) is 0. The van der Waals surface area contributed by atoms with Crippen molar-refractivity contribution in [3.63, 3.8) is 0 Å². The van der Waals surface area contributed by atoms with Gasteiger partial charge in [0.15, 0.2) is 11.3 Å². The van der Waals surface area contributed by atoms with Gasteiger partial charge in [-0.25, -0.2) is 0 Å². The monoisotopic (exact) mass is 248 g/mol. The number of rotatable bonds is 4. The molecule has 18 heavy (non-hydrogen) atoms. The normalized spacial score (nSPS) is 11.1. The Bertz CT molecular complexity index is 548. The first-order chi connectivity index (χ1) is 8.65. The van der Waals surface area contributed by atoms with E-state index in [1.807, 2.05) is 26.0 Å². The van der Waals surface area contributed by atoms with Crippen molar-refractivity contribution in [1.82, 2.24) is 10.1 Å². The van der Waals surface area contributed by atoms with Crippen LogP contribution in [0.1, 0.15) is 24.3 Å². The van der Waals surface area contributed by atoms with Crippen molar-refractivity contribution in [2.24, 2.45) is 0 Å². The maximum Gasteiger partial charge on any atom is 0.277 e. The van der Waals surface area contributed by atoms with Crippen molar-refractivity contribution in [1.29, 1.82) is 0 Å². The molecule has 96 valence electrons. The van der Waals surface area contributed by atoms with Crippen LogP contribution in [0, 0.1) is 0 Å². The number of aliphatic hydroxyl groups excluding tert-OH is 1. The fraction of sp³-hybridized carbons (Fsp3) is 0.385. The minimum absolute atomic E-state index is 0.000104. The Hall–Kier alpha value is -1.88. The van der Waals surface area contributed by atoms with Crippen LogP contribution in [-0.4, -0.2) is 40.3 Å². The zero-order chi connectivity index (χ0) is 13.1. The quantitative estimate of drug-likeness (QED) is 0.893. The molecule has 0 aliphatic heterocycles. The number of aliphatic hydroxyl groups is 1. The van der Waals surface area contributed by atoms with Crippen LogP contribution in [0.15, 0.2) is 28.8 Å². The number of amides is 1. The molecule has 0 bridgehead atoms. The third-order valence-electron chi connectivity index (χ3n) is 2.81. The second kappa shape index (κ2) is 5.18. The van der Waals surface area contributed by atoms with Gasteiger partial charge >= 0.3 is 0 Å². The van der Waals surface area contributed by atoms with Gasteiger partial charge in [0, 0.05) is 12.6 Å². The van der Waals surface area contributed by atoms with E-state index in [2.05, 4.69) is 5.16 Å². The standard InChI is InChI=1S/C13H16N2O3/c1-9(2)15(7-8-16)13(17)12-10-5-3-4-6-11(10)18-14-12/h3-6,9,16H,7-8H2,1-2H3. The van der Waals surface area contributed by atoms with Crippen LogP contribution in [0.2, 0.25) is 0 Å². The Morgan fingerprint density at radius 1 is 1.44 bits per heavy atom. The van der Waals surface area contributed by atoms with E-state index in [1.54, 1.807) is 17.0 Å². The zero-order valence-electron chi connectivity index (χ0n) is 10.5. The molecule has 0 aliphatic carbocycles. The van der Waals surface area contributed by atoms with Crippen molar-refractivity contribution in [2.75, 3.05) is 13.2 Å². The maximum absolute atomic E-state index is 12.3. The molecule has 5 nitrogen and oxygen atoms in total. The molecule has 0 spiro atoms. The van der Waals surface area contributed by atoms with Crippen LogP contribution in [0.5, 0.6) is 0 Å². The summed E-state index contributed by atoms with van der Waals surface area (Å²) in [6.07, 6.45) is 0. The van der Waals surface area contributed by atoms with Crippen LogP contribution < -0.4 is 0 Å². The highest BCUT2D eigenvalue weighted by atomic mass is 16.5. The Kier molecular flexibility index (Phi) is 3.62. The van der Waals surface area contributed by atoms with Crippen molar-refractivity contribution < 1.29 is 14.4 Å². The highest BCUT2D eigenvalue weighted by molar-refractivity contribution is 6.04. The number of hydrogen-bond acceptors (Lipinski definition) is 4. The Balaban J connectivity index is 2.38. The summed E-state index contributed by atoms with van der Waals surface area (Å²) in [6.45, 7) is 4.02. The summed E-state index contributed by atoms with van der Waals surface area (Å²) in [5.74, 6) is -0.219. The molecule has 0 atom stereocenters. The van der Waals surface area contributed by atoms with E-state index in [1.165, 1.54) is 0 Å². The number of para-hydroxylation sites is 1. The second-order valence-electron chi connectivity index (χ2n) is 4.34. The molecular formula is C13H16N2O3. The molecule has 0 unspecified atom stereocenters. The van der Waals surface area contributed by atoms with E-state index in [0.717, 1.165) is 0 Å². The van der Waals surface area contributed by atoms with Crippen LogP contribution >= 0.6 is 0 Å². The third kappa shape index (κ3) is 2.22. The molecule has 2 rings (SSSR count). The van der Waals surface area contributed by atoms with Gasteiger partial charge in [-0.05, 0) is 26.0 Å². The fourth-order valence-electron chi connectivity index (χ4n) is 1.88. The molecule has 0 saturated carbocycles. The summed E-state index contributed by atoms with van der Waals surface area (Å²) < 4.78 is 5.12. The lowest BCUT2D eigenvalue weighted by molar-refractivity contribution is 0.0657. The highest BCUT2D eigenvalue weighted by Gasteiger charge is 2.23. The molecule has 1 aromatic carbocycles. The molecule has 1 heterocycles. The highest BCUT2D eigenvalue weighted by Crippen LogP contribution is 2.19. The predicted molar refractivity (Wildman–Crippen MR) is 67.3 cm³/mol. The molecular weight excluding hydrogens is 232 g/mol. The van der Waals surface area contributed by atoms with Gasteiger partial charge in [0.1, 0.15) is 0 Å². The Morgan fingerprint density at radius 2 is 2.17 bits per heavy atom.